The average Bonchev–Trinajstić information content (AvgIpc) is 3.00. The molecule has 10 heteroatoms. The number of nitrogens with zero attached hydrogens (tertiary/aromatic N) is 1. The van der Waals surface area contributed by atoms with Crippen LogP contribution in [0.15, 0.2) is 24.4 Å². The van der Waals surface area contributed by atoms with Crippen molar-refractivity contribution in [1.82, 2.24) is 4.98 Å². The van der Waals surface area contributed by atoms with Gasteiger partial charge >= 0.3 is 5.97 Å². The van der Waals surface area contributed by atoms with E-state index in [1.807, 2.05) is 0 Å². The van der Waals surface area contributed by atoms with Crippen molar-refractivity contribution in [3.8, 4) is 11.6 Å². The predicted octanol–water partition coefficient (Wildman–Crippen LogP) is 2.96. The highest BCUT2D eigenvalue weighted by atomic mass is 32.1. The van der Waals surface area contributed by atoms with E-state index in [1.54, 1.807) is 6.07 Å². The molecule has 0 saturated heterocycles. The minimum atomic E-state index is -1.22. The Kier molecular flexibility index (Phi) is 4.91. The fourth-order valence-electron chi connectivity index (χ4n) is 2.52. The van der Waals surface area contributed by atoms with E-state index in [4.69, 9.17) is 15.2 Å². The number of thiophene rings is 1. The number of carboxylic acid groups (broad SMARTS) is 1. The number of fused-ring (bicyclic) bond motifs is 1. The van der Waals surface area contributed by atoms with E-state index in [0.717, 1.165) is 23.5 Å². The van der Waals surface area contributed by atoms with Gasteiger partial charge in [-0.2, -0.15) is 0 Å². The summed E-state index contributed by atoms with van der Waals surface area (Å²) in [5, 5.41) is 9.81. The molecular formula is C17H12F2N2O5S. The van der Waals surface area contributed by atoms with E-state index >= 15 is 0 Å². The van der Waals surface area contributed by atoms with Crippen LogP contribution in [-0.2, 0) is 6.61 Å². The summed E-state index contributed by atoms with van der Waals surface area (Å²) in [5.74, 6) is -5.07. The minimum Gasteiger partial charge on any atom is -0.483 e. The molecule has 0 radical (unpaired) electrons. The standard InChI is InChI=1S/C17H12F2N2O5S/c1-25-16-12-8(14(17(23)24)27-11(12)2-3-21-16)6-26-13-9(18)4-7(15(20)22)5-10(13)19/h2-5H,6H2,1H3,(H2,20,22)(H,23,24). The van der Waals surface area contributed by atoms with Crippen LogP contribution in [0.2, 0.25) is 0 Å². The number of methoxy groups -OCH3 is 1. The van der Waals surface area contributed by atoms with E-state index in [9.17, 15) is 23.5 Å². The minimum absolute atomic E-state index is 0.0640. The SMILES string of the molecule is COc1nccc2sc(C(=O)O)c(COc3c(F)cc(C(N)=O)cc3F)c12. The maximum absolute atomic E-state index is 14.1. The van der Waals surface area contributed by atoms with E-state index in [2.05, 4.69) is 4.98 Å². The Labute approximate surface area is 155 Å². The first-order chi connectivity index (χ1) is 12.8. The normalized spacial score (nSPS) is 10.8. The van der Waals surface area contributed by atoms with Crippen LogP contribution in [-0.4, -0.2) is 29.1 Å². The van der Waals surface area contributed by atoms with E-state index in [1.165, 1.54) is 13.3 Å². The lowest BCUT2D eigenvalue weighted by atomic mass is 10.1. The first-order valence-electron chi connectivity index (χ1n) is 7.42. The molecule has 27 heavy (non-hydrogen) atoms. The largest absolute Gasteiger partial charge is 0.483 e. The lowest BCUT2D eigenvalue weighted by Crippen LogP contribution is -2.12. The number of pyridine rings is 1. The van der Waals surface area contributed by atoms with Gasteiger partial charge in [0.15, 0.2) is 17.4 Å². The number of hydrogen-bond acceptors (Lipinski definition) is 6. The molecule has 2 heterocycles. The highest BCUT2D eigenvalue weighted by Crippen LogP contribution is 2.37. The van der Waals surface area contributed by atoms with Crippen LogP contribution in [0.25, 0.3) is 10.1 Å². The third-order valence-corrected chi connectivity index (χ3v) is 4.88. The Morgan fingerprint density at radius 2 is 1.96 bits per heavy atom. The number of nitrogens with two attached hydrogens (primary N) is 1. The Bertz CT molecular complexity index is 1040. The summed E-state index contributed by atoms with van der Waals surface area (Å²) in [6.07, 6.45) is 1.45. The average molecular weight is 394 g/mol. The fourth-order valence-corrected chi connectivity index (χ4v) is 3.56. The molecule has 0 aliphatic rings. The second-order valence-electron chi connectivity index (χ2n) is 5.33. The molecule has 140 valence electrons. The summed E-state index contributed by atoms with van der Waals surface area (Å²) < 4.78 is 39.1. The number of ether oxygens (including phenoxy) is 2. The van der Waals surface area contributed by atoms with Crippen molar-refractivity contribution < 1.29 is 33.0 Å². The number of primary amides is 1. The summed E-state index contributed by atoms with van der Waals surface area (Å²) in [5.41, 5.74) is 4.82. The molecule has 1 aromatic carbocycles. The molecule has 0 aliphatic heterocycles. The summed E-state index contributed by atoms with van der Waals surface area (Å²) in [7, 11) is 1.37. The van der Waals surface area contributed by atoms with Crippen molar-refractivity contribution in [3.05, 3.63) is 52.0 Å². The van der Waals surface area contributed by atoms with Gasteiger partial charge in [-0.25, -0.2) is 18.6 Å². The van der Waals surface area contributed by atoms with Crippen molar-refractivity contribution in [2.45, 2.75) is 6.61 Å². The molecule has 0 atom stereocenters. The monoisotopic (exact) mass is 394 g/mol. The first-order valence-corrected chi connectivity index (χ1v) is 8.24. The van der Waals surface area contributed by atoms with Gasteiger partial charge in [-0.3, -0.25) is 4.79 Å². The highest BCUT2D eigenvalue weighted by molar-refractivity contribution is 7.21. The number of amides is 1. The molecule has 3 N–H and O–H groups in total. The molecular weight excluding hydrogens is 382 g/mol. The van der Waals surface area contributed by atoms with Crippen molar-refractivity contribution in [3.63, 3.8) is 0 Å². The number of rotatable bonds is 6. The number of halogens is 2. The summed E-state index contributed by atoms with van der Waals surface area (Å²) in [4.78, 5) is 26.6. The Morgan fingerprint density at radius 1 is 1.30 bits per heavy atom. The molecule has 0 aliphatic carbocycles. The van der Waals surface area contributed by atoms with Crippen LogP contribution < -0.4 is 15.2 Å². The van der Waals surface area contributed by atoms with Crippen molar-refractivity contribution in [2.24, 2.45) is 5.73 Å². The molecule has 2 aromatic heterocycles. The third kappa shape index (κ3) is 3.38. The Hall–Kier alpha value is -3.27. The molecule has 7 nitrogen and oxygen atoms in total. The number of carbonyl (C=O) groups excluding carboxylic acids is 1. The summed E-state index contributed by atoms with van der Waals surface area (Å²) in [6, 6.07) is 3.08. The van der Waals surface area contributed by atoms with Crippen molar-refractivity contribution >= 4 is 33.3 Å². The molecule has 0 unspecified atom stereocenters. The summed E-state index contributed by atoms with van der Waals surface area (Å²) in [6.45, 7) is -0.451. The van der Waals surface area contributed by atoms with E-state index < -0.39 is 35.9 Å². The number of carboxylic acids is 1. The quantitative estimate of drug-likeness (QED) is 0.665. The van der Waals surface area contributed by atoms with Crippen LogP contribution in [0.4, 0.5) is 8.78 Å². The van der Waals surface area contributed by atoms with Gasteiger partial charge in [0.1, 0.15) is 11.5 Å². The Balaban J connectivity index is 2.04. The maximum Gasteiger partial charge on any atom is 0.346 e. The van der Waals surface area contributed by atoms with Gasteiger partial charge in [-0.1, -0.05) is 0 Å². The lowest BCUT2D eigenvalue weighted by molar-refractivity contribution is 0.0699. The van der Waals surface area contributed by atoms with Crippen LogP contribution in [0.3, 0.4) is 0 Å². The topological polar surface area (TPSA) is 112 Å². The van der Waals surface area contributed by atoms with Gasteiger partial charge in [-0.05, 0) is 18.2 Å². The second-order valence-corrected chi connectivity index (χ2v) is 6.38. The molecule has 0 saturated carbocycles. The number of carbonyl (C=O) groups is 2. The zero-order valence-corrected chi connectivity index (χ0v) is 14.6. The number of aromatic carboxylic acids is 1. The number of aromatic nitrogens is 1. The van der Waals surface area contributed by atoms with Crippen molar-refractivity contribution in [1.29, 1.82) is 0 Å². The van der Waals surface area contributed by atoms with Crippen molar-refractivity contribution in [2.75, 3.05) is 7.11 Å². The van der Waals surface area contributed by atoms with Gasteiger partial charge in [-0.15, -0.1) is 11.3 Å². The third-order valence-electron chi connectivity index (χ3n) is 3.70. The zero-order valence-electron chi connectivity index (χ0n) is 13.8. The van der Waals surface area contributed by atoms with Gasteiger partial charge < -0.3 is 20.3 Å². The van der Waals surface area contributed by atoms with Crippen LogP contribution in [0.5, 0.6) is 11.6 Å². The molecule has 3 rings (SSSR count). The predicted molar refractivity (Wildman–Crippen MR) is 92.3 cm³/mol. The smallest absolute Gasteiger partial charge is 0.346 e. The van der Waals surface area contributed by atoms with Gasteiger partial charge in [0.05, 0.1) is 12.5 Å². The van der Waals surface area contributed by atoms with Gasteiger partial charge in [0.2, 0.25) is 11.8 Å². The number of hydrogen-bond donors (Lipinski definition) is 2. The maximum atomic E-state index is 14.1. The van der Waals surface area contributed by atoms with Crippen LogP contribution in [0.1, 0.15) is 25.6 Å². The lowest BCUT2D eigenvalue weighted by Gasteiger charge is -2.10. The molecule has 0 fully saturated rings. The van der Waals surface area contributed by atoms with Crippen LogP contribution in [0, 0.1) is 11.6 Å². The van der Waals surface area contributed by atoms with E-state index in [-0.39, 0.29) is 21.9 Å². The second kappa shape index (κ2) is 7.16. The zero-order chi connectivity index (χ0) is 19.7. The van der Waals surface area contributed by atoms with Crippen LogP contribution >= 0.6 is 11.3 Å². The Morgan fingerprint density at radius 3 is 2.52 bits per heavy atom. The van der Waals surface area contributed by atoms with Gasteiger partial charge in [0, 0.05) is 22.0 Å². The molecule has 3 aromatic rings. The summed E-state index contributed by atoms with van der Waals surface area (Å²) >= 11 is 0.963. The first kappa shape index (κ1) is 18.5. The molecule has 0 spiro atoms. The molecule has 0 bridgehead atoms. The van der Waals surface area contributed by atoms with Gasteiger partial charge in [0.25, 0.3) is 0 Å². The molecule has 1 amide bonds. The van der Waals surface area contributed by atoms with E-state index in [0.29, 0.717) is 10.1 Å². The number of benzene rings is 1. The fraction of sp³-hybridized carbons (Fsp3) is 0.118. The highest BCUT2D eigenvalue weighted by Gasteiger charge is 2.23.